The summed E-state index contributed by atoms with van der Waals surface area (Å²) in [6, 6.07) is 0. The predicted molar refractivity (Wildman–Crippen MR) is 55.8 cm³/mol. The van der Waals surface area contributed by atoms with Crippen LogP contribution >= 0.6 is 0 Å². The highest BCUT2D eigenvalue weighted by molar-refractivity contribution is 6.46. The molecule has 1 saturated heterocycles. The molecule has 0 saturated carbocycles. The molecule has 0 atom stereocenters. The summed E-state index contributed by atoms with van der Waals surface area (Å²) in [5.74, 6) is 0.465. The third-order valence-electron chi connectivity index (χ3n) is 3.15. The lowest BCUT2D eigenvalue weighted by atomic mass is 9.71. The molecular weight excluding hydrogens is 163 g/mol. The van der Waals surface area contributed by atoms with Gasteiger partial charge in [-0.1, -0.05) is 27.7 Å². The van der Waals surface area contributed by atoms with E-state index in [9.17, 15) is 0 Å². The van der Waals surface area contributed by atoms with Crippen LogP contribution < -0.4 is 0 Å². The van der Waals surface area contributed by atoms with E-state index in [0.29, 0.717) is 5.82 Å². The van der Waals surface area contributed by atoms with Gasteiger partial charge < -0.3 is 9.31 Å². The fourth-order valence-corrected chi connectivity index (χ4v) is 1.65. The maximum absolute atomic E-state index is 5.71. The lowest BCUT2D eigenvalue weighted by Crippen LogP contribution is -2.44. The van der Waals surface area contributed by atoms with Crippen LogP contribution in [0, 0.1) is 5.41 Å². The van der Waals surface area contributed by atoms with E-state index in [1.54, 1.807) is 0 Å². The Kier molecular flexibility index (Phi) is 3.80. The molecule has 1 heterocycles. The zero-order valence-electron chi connectivity index (χ0n) is 9.30. The number of rotatable bonds is 3. The van der Waals surface area contributed by atoms with Crippen molar-refractivity contribution in [2.45, 2.75) is 46.4 Å². The van der Waals surface area contributed by atoms with Crippen molar-refractivity contribution in [2.75, 3.05) is 13.2 Å². The second-order valence-corrected chi connectivity index (χ2v) is 4.44. The lowest BCUT2D eigenvalue weighted by Gasteiger charge is -2.38. The van der Waals surface area contributed by atoms with Crippen LogP contribution in [0.5, 0.6) is 0 Å². The van der Waals surface area contributed by atoms with Crippen LogP contribution in [-0.4, -0.2) is 20.3 Å². The molecule has 1 aliphatic heterocycles. The molecule has 1 fully saturated rings. The summed E-state index contributed by atoms with van der Waals surface area (Å²) in [5, 5.41) is 0. The molecule has 0 aliphatic carbocycles. The van der Waals surface area contributed by atoms with Crippen LogP contribution in [0.25, 0.3) is 0 Å². The van der Waals surface area contributed by atoms with Crippen LogP contribution in [0.15, 0.2) is 0 Å². The monoisotopic (exact) mass is 184 g/mol. The van der Waals surface area contributed by atoms with Crippen molar-refractivity contribution in [1.82, 2.24) is 0 Å². The topological polar surface area (TPSA) is 18.5 Å². The largest absolute Gasteiger partial charge is 0.459 e. The van der Waals surface area contributed by atoms with Crippen molar-refractivity contribution in [3.63, 3.8) is 0 Å². The Morgan fingerprint density at radius 3 is 1.92 bits per heavy atom. The lowest BCUT2D eigenvalue weighted by molar-refractivity contribution is -0.00328. The quantitative estimate of drug-likeness (QED) is 0.628. The van der Waals surface area contributed by atoms with E-state index in [4.69, 9.17) is 9.31 Å². The Morgan fingerprint density at radius 1 is 1.15 bits per heavy atom. The number of hydrogen-bond donors (Lipinski definition) is 0. The summed E-state index contributed by atoms with van der Waals surface area (Å²) < 4.78 is 11.4. The summed E-state index contributed by atoms with van der Waals surface area (Å²) in [4.78, 5) is 0. The standard InChI is InChI=1S/C10H21BO2/c1-5-10(6-2)7-12-11(9(3)4)13-8-10/h9H,5-8H2,1-4H3. The Bertz CT molecular complexity index is 145. The molecular formula is C10H21BO2. The van der Waals surface area contributed by atoms with Gasteiger partial charge in [0.15, 0.2) is 0 Å². The van der Waals surface area contributed by atoms with Gasteiger partial charge in [-0.15, -0.1) is 0 Å². The highest BCUT2D eigenvalue weighted by Crippen LogP contribution is 2.32. The van der Waals surface area contributed by atoms with Gasteiger partial charge in [-0.05, 0) is 18.7 Å². The molecule has 0 radical (unpaired) electrons. The molecule has 0 amide bonds. The van der Waals surface area contributed by atoms with Gasteiger partial charge in [-0.2, -0.15) is 0 Å². The van der Waals surface area contributed by atoms with Gasteiger partial charge >= 0.3 is 7.12 Å². The maximum atomic E-state index is 5.71. The van der Waals surface area contributed by atoms with Crippen LogP contribution in [-0.2, 0) is 9.31 Å². The van der Waals surface area contributed by atoms with E-state index in [2.05, 4.69) is 27.7 Å². The summed E-state index contributed by atoms with van der Waals surface area (Å²) >= 11 is 0. The van der Waals surface area contributed by atoms with Gasteiger partial charge in [0.1, 0.15) is 0 Å². The normalized spacial score (nSPS) is 22.4. The highest BCUT2D eigenvalue weighted by atomic mass is 16.6. The maximum Gasteiger partial charge on any atom is 0.459 e. The van der Waals surface area contributed by atoms with Crippen LogP contribution in [0.1, 0.15) is 40.5 Å². The van der Waals surface area contributed by atoms with E-state index in [1.807, 2.05) is 0 Å². The molecule has 0 aromatic heterocycles. The third-order valence-corrected chi connectivity index (χ3v) is 3.15. The van der Waals surface area contributed by atoms with Crippen molar-refractivity contribution in [3.05, 3.63) is 0 Å². The summed E-state index contributed by atoms with van der Waals surface area (Å²) in [6.45, 7) is 10.4. The first-order valence-corrected chi connectivity index (χ1v) is 5.37. The zero-order valence-corrected chi connectivity index (χ0v) is 9.30. The van der Waals surface area contributed by atoms with Crippen LogP contribution in [0.4, 0.5) is 0 Å². The number of hydrogen-bond acceptors (Lipinski definition) is 2. The molecule has 0 spiro atoms. The average Bonchev–Trinajstić information content (AvgIpc) is 2.18. The minimum Gasteiger partial charge on any atom is -0.410 e. The molecule has 2 nitrogen and oxygen atoms in total. The Hall–Kier alpha value is -0.0151. The fourth-order valence-electron chi connectivity index (χ4n) is 1.65. The summed E-state index contributed by atoms with van der Waals surface area (Å²) in [7, 11) is 0.0197. The molecule has 13 heavy (non-hydrogen) atoms. The zero-order chi connectivity index (χ0) is 9.90. The molecule has 0 aromatic carbocycles. The molecule has 1 aliphatic rings. The van der Waals surface area contributed by atoms with Crippen molar-refractivity contribution >= 4 is 7.12 Å². The van der Waals surface area contributed by atoms with Gasteiger partial charge in [0.05, 0.1) is 0 Å². The van der Waals surface area contributed by atoms with E-state index >= 15 is 0 Å². The molecule has 1 rings (SSSR count). The Labute approximate surface area is 82.1 Å². The first kappa shape index (κ1) is 11.1. The predicted octanol–water partition coefficient (Wildman–Crippen LogP) is 2.74. The van der Waals surface area contributed by atoms with Gasteiger partial charge in [0, 0.05) is 18.6 Å². The first-order valence-electron chi connectivity index (χ1n) is 5.37. The molecule has 0 bridgehead atoms. The third kappa shape index (κ3) is 2.47. The van der Waals surface area contributed by atoms with Crippen LogP contribution in [0.2, 0.25) is 5.82 Å². The van der Waals surface area contributed by atoms with Crippen molar-refractivity contribution < 1.29 is 9.31 Å². The molecule has 76 valence electrons. The average molecular weight is 184 g/mol. The second-order valence-electron chi connectivity index (χ2n) is 4.44. The second kappa shape index (κ2) is 4.47. The Balaban J connectivity index is 2.45. The molecule has 0 N–H and O–H groups in total. The van der Waals surface area contributed by atoms with Gasteiger partial charge in [-0.3, -0.25) is 0 Å². The summed E-state index contributed by atoms with van der Waals surface area (Å²) in [6.07, 6.45) is 2.29. The van der Waals surface area contributed by atoms with Crippen molar-refractivity contribution in [1.29, 1.82) is 0 Å². The smallest absolute Gasteiger partial charge is 0.410 e. The molecule has 0 aromatic rings. The van der Waals surface area contributed by atoms with Gasteiger partial charge in [0.2, 0.25) is 0 Å². The molecule has 3 heteroatoms. The summed E-state index contributed by atoms with van der Waals surface area (Å²) in [5.41, 5.74) is 0.283. The van der Waals surface area contributed by atoms with E-state index < -0.39 is 0 Å². The first-order chi connectivity index (χ1) is 6.13. The van der Waals surface area contributed by atoms with Crippen molar-refractivity contribution in [3.8, 4) is 0 Å². The van der Waals surface area contributed by atoms with Gasteiger partial charge in [0.25, 0.3) is 0 Å². The van der Waals surface area contributed by atoms with E-state index in [-0.39, 0.29) is 12.5 Å². The van der Waals surface area contributed by atoms with Crippen LogP contribution in [0.3, 0.4) is 0 Å². The minimum absolute atomic E-state index is 0.0197. The Morgan fingerprint density at radius 2 is 1.62 bits per heavy atom. The SMILES string of the molecule is CCC1(CC)COB(C(C)C)OC1. The fraction of sp³-hybridized carbons (Fsp3) is 1.00. The van der Waals surface area contributed by atoms with Gasteiger partial charge in [-0.25, -0.2) is 0 Å². The van der Waals surface area contributed by atoms with E-state index in [1.165, 1.54) is 0 Å². The van der Waals surface area contributed by atoms with E-state index in [0.717, 1.165) is 26.1 Å². The molecule has 0 unspecified atom stereocenters. The minimum atomic E-state index is 0.0197. The van der Waals surface area contributed by atoms with Crippen molar-refractivity contribution in [2.24, 2.45) is 5.41 Å². The highest BCUT2D eigenvalue weighted by Gasteiger charge is 2.37.